The lowest BCUT2D eigenvalue weighted by Gasteiger charge is -2.02. The van der Waals surface area contributed by atoms with Crippen molar-refractivity contribution in [3.8, 4) is 0 Å². The molecule has 1 aliphatic carbocycles. The minimum absolute atomic E-state index is 0.695. The van der Waals surface area contributed by atoms with Crippen LogP contribution in [0.4, 0.5) is 0 Å². The molecule has 2 aromatic heterocycles. The molecule has 0 saturated carbocycles. The van der Waals surface area contributed by atoms with Gasteiger partial charge in [-0.25, -0.2) is 4.98 Å². The maximum Gasteiger partial charge on any atom is 0.137 e. The molecule has 78 valence electrons. The summed E-state index contributed by atoms with van der Waals surface area (Å²) < 4.78 is 2.28. The fourth-order valence-electron chi connectivity index (χ4n) is 2.64. The standard InChI is InChI=1S/C13H16N2/c1-3-10-5-6-11-13(10)14-12-7-4-9(2)8-15(11)12/h4,7-8,10H,3,5-6H2,1-2H3. The van der Waals surface area contributed by atoms with Crippen LogP contribution in [0.3, 0.4) is 0 Å². The van der Waals surface area contributed by atoms with Crippen LogP contribution in [0, 0.1) is 6.92 Å². The number of pyridine rings is 1. The van der Waals surface area contributed by atoms with Crippen molar-refractivity contribution >= 4 is 5.65 Å². The minimum Gasteiger partial charge on any atom is -0.304 e. The summed E-state index contributed by atoms with van der Waals surface area (Å²) in [5.41, 5.74) is 5.22. The molecule has 0 N–H and O–H groups in total. The van der Waals surface area contributed by atoms with Crippen LogP contribution in [0.25, 0.3) is 5.65 Å². The summed E-state index contributed by atoms with van der Waals surface area (Å²) in [6.45, 7) is 4.40. The number of aryl methyl sites for hydroxylation is 2. The number of fused-ring (bicyclic) bond motifs is 3. The van der Waals surface area contributed by atoms with E-state index in [1.54, 1.807) is 0 Å². The predicted octanol–water partition coefficient (Wildman–Crippen LogP) is 3.08. The lowest BCUT2D eigenvalue weighted by atomic mass is 10.1. The predicted molar refractivity (Wildman–Crippen MR) is 61.3 cm³/mol. The summed E-state index contributed by atoms with van der Waals surface area (Å²) in [6.07, 6.45) is 5.90. The first-order valence-electron chi connectivity index (χ1n) is 5.77. The van der Waals surface area contributed by atoms with E-state index in [0.29, 0.717) is 5.92 Å². The Hall–Kier alpha value is -1.31. The van der Waals surface area contributed by atoms with Crippen LogP contribution in [0.15, 0.2) is 18.3 Å². The van der Waals surface area contributed by atoms with Gasteiger partial charge < -0.3 is 4.40 Å². The van der Waals surface area contributed by atoms with Crippen LogP contribution >= 0.6 is 0 Å². The van der Waals surface area contributed by atoms with E-state index >= 15 is 0 Å². The van der Waals surface area contributed by atoms with E-state index in [0.717, 1.165) is 5.65 Å². The number of hydrogen-bond acceptors (Lipinski definition) is 1. The van der Waals surface area contributed by atoms with E-state index in [1.165, 1.54) is 36.2 Å². The number of rotatable bonds is 1. The fourth-order valence-corrected chi connectivity index (χ4v) is 2.64. The molecule has 0 aromatic carbocycles. The zero-order valence-electron chi connectivity index (χ0n) is 9.33. The summed E-state index contributed by atoms with van der Waals surface area (Å²) in [5.74, 6) is 0.695. The van der Waals surface area contributed by atoms with E-state index in [-0.39, 0.29) is 0 Å². The average molecular weight is 200 g/mol. The second kappa shape index (κ2) is 3.09. The Morgan fingerprint density at radius 2 is 2.33 bits per heavy atom. The number of nitrogens with zero attached hydrogens (tertiary/aromatic N) is 2. The van der Waals surface area contributed by atoms with Crippen LogP contribution in [-0.4, -0.2) is 9.38 Å². The summed E-state index contributed by atoms with van der Waals surface area (Å²) in [4.78, 5) is 4.75. The Bertz CT molecular complexity index is 510. The highest BCUT2D eigenvalue weighted by atomic mass is 15.0. The van der Waals surface area contributed by atoms with E-state index < -0.39 is 0 Å². The van der Waals surface area contributed by atoms with Gasteiger partial charge in [-0.15, -0.1) is 0 Å². The van der Waals surface area contributed by atoms with Gasteiger partial charge in [0.2, 0.25) is 0 Å². The molecule has 0 bridgehead atoms. The molecule has 2 aromatic rings. The summed E-state index contributed by atoms with van der Waals surface area (Å²) in [6, 6.07) is 4.26. The van der Waals surface area contributed by atoms with Gasteiger partial charge in [-0.2, -0.15) is 0 Å². The lowest BCUT2D eigenvalue weighted by molar-refractivity contribution is 0.641. The monoisotopic (exact) mass is 200 g/mol. The largest absolute Gasteiger partial charge is 0.304 e. The Morgan fingerprint density at radius 3 is 3.13 bits per heavy atom. The van der Waals surface area contributed by atoms with Crippen molar-refractivity contribution in [1.82, 2.24) is 9.38 Å². The van der Waals surface area contributed by atoms with E-state index in [2.05, 4.69) is 36.6 Å². The number of aromatic nitrogens is 2. The summed E-state index contributed by atoms with van der Waals surface area (Å²) in [7, 11) is 0. The first-order valence-corrected chi connectivity index (χ1v) is 5.77. The average Bonchev–Trinajstić information content (AvgIpc) is 2.76. The van der Waals surface area contributed by atoms with Gasteiger partial charge in [0.1, 0.15) is 5.65 Å². The van der Waals surface area contributed by atoms with Gasteiger partial charge >= 0.3 is 0 Å². The molecule has 0 saturated heterocycles. The van der Waals surface area contributed by atoms with Crippen molar-refractivity contribution in [3.05, 3.63) is 35.3 Å². The SMILES string of the molecule is CCC1CCc2c1nc1ccc(C)cn21. The zero-order chi connectivity index (χ0) is 10.4. The molecule has 15 heavy (non-hydrogen) atoms. The summed E-state index contributed by atoms with van der Waals surface area (Å²) >= 11 is 0. The van der Waals surface area contributed by atoms with Gasteiger partial charge in [-0.1, -0.05) is 13.0 Å². The Labute approximate surface area is 90.0 Å². The maximum absolute atomic E-state index is 4.75. The molecule has 0 amide bonds. The normalized spacial score (nSPS) is 19.7. The third-order valence-corrected chi connectivity index (χ3v) is 3.51. The molecule has 1 aliphatic rings. The second-order valence-corrected chi connectivity index (χ2v) is 4.52. The Balaban J connectivity index is 2.26. The fraction of sp³-hybridized carbons (Fsp3) is 0.462. The van der Waals surface area contributed by atoms with Crippen molar-refractivity contribution in [2.24, 2.45) is 0 Å². The molecule has 0 fully saturated rings. The van der Waals surface area contributed by atoms with Crippen molar-refractivity contribution in [1.29, 1.82) is 0 Å². The van der Waals surface area contributed by atoms with Crippen molar-refractivity contribution < 1.29 is 0 Å². The molecule has 0 aliphatic heterocycles. The van der Waals surface area contributed by atoms with Crippen LogP contribution in [0.2, 0.25) is 0 Å². The van der Waals surface area contributed by atoms with E-state index in [9.17, 15) is 0 Å². The molecule has 0 radical (unpaired) electrons. The highest BCUT2D eigenvalue weighted by Gasteiger charge is 2.25. The Morgan fingerprint density at radius 1 is 1.47 bits per heavy atom. The molecular formula is C13H16N2. The van der Waals surface area contributed by atoms with Crippen LogP contribution in [0.5, 0.6) is 0 Å². The van der Waals surface area contributed by atoms with Crippen molar-refractivity contribution in [3.63, 3.8) is 0 Å². The quantitative estimate of drug-likeness (QED) is 0.691. The highest BCUT2D eigenvalue weighted by Crippen LogP contribution is 2.35. The maximum atomic E-state index is 4.75. The van der Waals surface area contributed by atoms with Gasteiger partial charge in [-0.3, -0.25) is 0 Å². The molecule has 0 spiro atoms. The van der Waals surface area contributed by atoms with E-state index in [1.807, 2.05) is 0 Å². The molecule has 2 heterocycles. The topological polar surface area (TPSA) is 17.3 Å². The first-order chi connectivity index (χ1) is 7.29. The molecule has 3 rings (SSSR count). The summed E-state index contributed by atoms with van der Waals surface area (Å²) in [5, 5.41) is 0. The molecular weight excluding hydrogens is 184 g/mol. The number of hydrogen-bond donors (Lipinski definition) is 0. The third-order valence-electron chi connectivity index (χ3n) is 3.51. The van der Waals surface area contributed by atoms with Crippen molar-refractivity contribution in [2.75, 3.05) is 0 Å². The third kappa shape index (κ3) is 1.21. The van der Waals surface area contributed by atoms with Gasteiger partial charge in [0.05, 0.1) is 5.69 Å². The Kier molecular flexibility index (Phi) is 1.84. The van der Waals surface area contributed by atoms with Gasteiger partial charge in [0, 0.05) is 17.8 Å². The van der Waals surface area contributed by atoms with E-state index in [4.69, 9.17) is 4.98 Å². The molecule has 2 heteroatoms. The van der Waals surface area contributed by atoms with Gasteiger partial charge in [0.25, 0.3) is 0 Å². The second-order valence-electron chi connectivity index (χ2n) is 4.52. The van der Waals surface area contributed by atoms with Crippen LogP contribution in [-0.2, 0) is 6.42 Å². The lowest BCUT2D eigenvalue weighted by Crippen LogP contribution is -1.91. The van der Waals surface area contributed by atoms with Gasteiger partial charge in [-0.05, 0) is 37.8 Å². The van der Waals surface area contributed by atoms with Gasteiger partial charge in [0.15, 0.2) is 0 Å². The van der Waals surface area contributed by atoms with Crippen LogP contribution < -0.4 is 0 Å². The smallest absolute Gasteiger partial charge is 0.137 e. The first kappa shape index (κ1) is 8.96. The molecule has 2 nitrogen and oxygen atoms in total. The molecule has 1 unspecified atom stereocenters. The van der Waals surface area contributed by atoms with Crippen LogP contribution in [0.1, 0.15) is 42.6 Å². The molecule has 1 atom stereocenters. The highest BCUT2D eigenvalue weighted by molar-refractivity contribution is 5.46. The number of imidazole rings is 1. The van der Waals surface area contributed by atoms with Crippen molar-refractivity contribution in [2.45, 2.75) is 39.0 Å². The minimum atomic E-state index is 0.695. The zero-order valence-corrected chi connectivity index (χ0v) is 9.33.